The standard InChI is InChI=1S/C20H19NO3S/c1-14(22)24-19(17-13-25-18-10-6-5-9-16(17)18)20(23)21-12-11-15-7-3-2-4-8-15/h2-10,13,19H,11-12H2,1H3,(H,21,23). The first-order valence-electron chi connectivity index (χ1n) is 8.10. The molecule has 0 spiro atoms. The predicted molar refractivity (Wildman–Crippen MR) is 99.5 cm³/mol. The highest BCUT2D eigenvalue weighted by molar-refractivity contribution is 7.17. The first-order chi connectivity index (χ1) is 12.1. The number of carbonyl (C=O) groups is 2. The third-order valence-corrected chi connectivity index (χ3v) is 4.85. The second-order valence-electron chi connectivity index (χ2n) is 5.70. The van der Waals surface area contributed by atoms with Crippen molar-refractivity contribution in [2.45, 2.75) is 19.4 Å². The Morgan fingerprint density at radius 2 is 1.80 bits per heavy atom. The quantitative estimate of drug-likeness (QED) is 0.685. The van der Waals surface area contributed by atoms with Crippen molar-refractivity contribution in [2.75, 3.05) is 6.54 Å². The molecule has 25 heavy (non-hydrogen) atoms. The fourth-order valence-corrected chi connectivity index (χ4v) is 3.67. The summed E-state index contributed by atoms with van der Waals surface area (Å²) in [6, 6.07) is 17.7. The Bertz CT molecular complexity index is 873. The van der Waals surface area contributed by atoms with E-state index in [0.717, 1.165) is 27.6 Å². The molecule has 1 unspecified atom stereocenters. The maximum Gasteiger partial charge on any atom is 0.303 e. The Hall–Kier alpha value is -2.66. The zero-order chi connectivity index (χ0) is 17.6. The van der Waals surface area contributed by atoms with E-state index in [1.807, 2.05) is 60.0 Å². The number of thiophene rings is 1. The van der Waals surface area contributed by atoms with Gasteiger partial charge < -0.3 is 10.1 Å². The molecule has 0 bridgehead atoms. The lowest BCUT2D eigenvalue weighted by Crippen LogP contribution is -2.33. The van der Waals surface area contributed by atoms with Crippen molar-refractivity contribution in [2.24, 2.45) is 0 Å². The molecule has 1 aromatic heterocycles. The minimum Gasteiger partial charge on any atom is -0.447 e. The summed E-state index contributed by atoms with van der Waals surface area (Å²) in [7, 11) is 0. The zero-order valence-corrected chi connectivity index (χ0v) is 14.7. The Morgan fingerprint density at radius 3 is 2.56 bits per heavy atom. The smallest absolute Gasteiger partial charge is 0.303 e. The maximum absolute atomic E-state index is 12.6. The van der Waals surface area contributed by atoms with E-state index in [4.69, 9.17) is 4.74 Å². The van der Waals surface area contributed by atoms with Gasteiger partial charge in [0.05, 0.1) is 0 Å². The SMILES string of the molecule is CC(=O)OC(C(=O)NCCc1ccccc1)c1csc2ccccc12. The van der Waals surface area contributed by atoms with Gasteiger partial charge in [0.25, 0.3) is 5.91 Å². The zero-order valence-electron chi connectivity index (χ0n) is 13.9. The van der Waals surface area contributed by atoms with Crippen LogP contribution in [0.4, 0.5) is 0 Å². The average Bonchev–Trinajstić information content (AvgIpc) is 3.04. The van der Waals surface area contributed by atoms with Gasteiger partial charge in [-0.1, -0.05) is 48.5 Å². The highest BCUT2D eigenvalue weighted by atomic mass is 32.1. The van der Waals surface area contributed by atoms with Crippen LogP contribution in [0.25, 0.3) is 10.1 Å². The summed E-state index contributed by atoms with van der Waals surface area (Å²) in [4.78, 5) is 24.1. The van der Waals surface area contributed by atoms with E-state index in [0.29, 0.717) is 6.54 Å². The molecule has 0 saturated carbocycles. The van der Waals surface area contributed by atoms with Gasteiger partial charge in [-0.05, 0) is 28.8 Å². The van der Waals surface area contributed by atoms with Gasteiger partial charge in [-0.2, -0.15) is 0 Å². The van der Waals surface area contributed by atoms with E-state index in [1.165, 1.54) is 18.3 Å². The fourth-order valence-electron chi connectivity index (χ4n) is 2.69. The summed E-state index contributed by atoms with van der Waals surface area (Å²) in [5.74, 6) is -0.770. The monoisotopic (exact) mass is 353 g/mol. The van der Waals surface area contributed by atoms with Crippen molar-refractivity contribution in [1.29, 1.82) is 0 Å². The van der Waals surface area contributed by atoms with E-state index in [1.54, 1.807) is 0 Å². The first kappa shape index (κ1) is 17.2. The number of hydrogen-bond acceptors (Lipinski definition) is 4. The molecule has 0 aliphatic heterocycles. The van der Waals surface area contributed by atoms with Crippen LogP contribution in [0.2, 0.25) is 0 Å². The molecule has 1 atom stereocenters. The summed E-state index contributed by atoms with van der Waals surface area (Å²) in [5.41, 5.74) is 1.88. The molecule has 0 radical (unpaired) electrons. The highest BCUT2D eigenvalue weighted by Gasteiger charge is 2.26. The van der Waals surface area contributed by atoms with Gasteiger partial charge in [-0.25, -0.2) is 0 Å². The van der Waals surface area contributed by atoms with Crippen LogP contribution in [0.1, 0.15) is 24.2 Å². The number of ether oxygens (including phenoxy) is 1. The summed E-state index contributed by atoms with van der Waals surface area (Å²) in [6.07, 6.45) is -0.201. The number of rotatable bonds is 6. The van der Waals surface area contributed by atoms with Crippen LogP contribution in [0.3, 0.4) is 0 Å². The summed E-state index contributed by atoms with van der Waals surface area (Å²) >= 11 is 1.54. The molecule has 1 heterocycles. The lowest BCUT2D eigenvalue weighted by Gasteiger charge is -2.16. The van der Waals surface area contributed by atoms with Gasteiger partial charge in [0.15, 0.2) is 0 Å². The van der Waals surface area contributed by atoms with Crippen molar-refractivity contribution in [3.05, 3.63) is 71.1 Å². The van der Waals surface area contributed by atoms with E-state index in [2.05, 4.69) is 5.32 Å². The lowest BCUT2D eigenvalue weighted by molar-refractivity contribution is -0.154. The lowest BCUT2D eigenvalue weighted by atomic mass is 10.1. The van der Waals surface area contributed by atoms with Gasteiger partial charge in [0, 0.05) is 23.7 Å². The Balaban J connectivity index is 1.74. The third-order valence-electron chi connectivity index (χ3n) is 3.87. The molecule has 1 amide bonds. The molecule has 3 rings (SSSR count). The van der Waals surface area contributed by atoms with Gasteiger partial charge in [0.1, 0.15) is 0 Å². The molecule has 5 heteroatoms. The highest BCUT2D eigenvalue weighted by Crippen LogP contribution is 2.32. The van der Waals surface area contributed by atoms with Crippen molar-refractivity contribution >= 4 is 33.3 Å². The van der Waals surface area contributed by atoms with Crippen molar-refractivity contribution in [3.8, 4) is 0 Å². The Morgan fingerprint density at radius 1 is 1.08 bits per heavy atom. The van der Waals surface area contributed by atoms with Gasteiger partial charge >= 0.3 is 5.97 Å². The number of amides is 1. The molecule has 128 valence electrons. The van der Waals surface area contributed by atoms with Crippen LogP contribution in [-0.4, -0.2) is 18.4 Å². The van der Waals surface area contributed by atoms with E-state index in [-0.39, 0.29) is 5.91 Å². The number of esters is 1. The van der Waals surface area contributed by atoms with Crippen LogP contribution in [0.5, 0.6) is 0 Å². The number of benzene rings is 2. The molecule has 3 aromatic rings. The number of nitrogens with one attached hydrogen (secondary N) is 1. The van der Waals surface area contributed by atoms with E-state index in [9.17, 15) is 9.59 Å². The normalized spacial score (nSPS) is 11.9. The van der Waals surface area contributed by atoms with Crippen LogP contribution in [0, 0.1) is 0 Å². The molecule has 4 nitrogen and oxygen atoms in total. The Kier molecular flexibility index (Phi) is 5.46. The predicted octanol–water partition coefficient (Wildman–Crippen LogP) is 3.86. The summed E-state index contributed by atoms with van der Waals surface area (Å²) < 4.78 is 6.38. The topological polar surface area (TPSA) is 55.4 Å². The maximum atomic E-state index is 12.6. The fraction of sp³-hybridized carbons (Fsp3) is 0.200. The van der Waals surface area contributed by atoms with Crippen molar-refractivity contribution in [1.82, 2.24) is 5.32 Å². The molecule has 2 aromatic carbocycles. The minimum atomic E-state index is -0.926. The molecule has 0 saturated heterocycles. The molecular formula is C20H19NO3S. The molecule has 0 aliphatic carbocycles. The van der Waals surface area contributed by atoms with Gasteiger partial charge in [-0.3, -0.25) is 9.59 Å². The van der Waals surface area contributed by atoms with Crippen molar-refractivity contribution < 1.29 is 14.3 Å². The molecular weight excluding hydrogens is 334 g/mol. The molecule has 1 N–H and O–H groups in total. The second-order valence-corrected chi connectivity index (χ2v) is 6.61. The van der Waals surface area contributed by atoms with Crippen LogP contribution in [0.15, 0.2) is 60.0 Å². The summed E-state index contributed by atoms with van der Waals surface area (Å²) in [6.45, 7) is 1.81. The molecule has 0 fully saturated rings. The third kappa shape index (κ3) is 4.25. The van der Waals surface area contributed by atoms with Crippen LogP contribution < -0.4 is 5.32 Å². The Labute approximate surface area is 150 Å². The number of carbonyl (C=O) groups excluding carboxylic acids is 2. The minimum absolute atomic E-state index is 0.297. The van der Waals surface area contributed by atoms with E-state index >= 15 is 0 Å². The van der Waals surface area contributed by atoms with Crippen LogP contribution >= 0.6 is 11.3 Å². The number of fused-ring (bicyclic) bond motifs is 1. The first-order valence-corrected chi connectivity index (χ1v) is 8.98. The molecule has 0 aliphatic rings. The van der Waals surface area contributed by atoms with Crippen LogP contribution in [-0.2, 0) is 20.7 Å². The average molecular weight is 353 g/mol. The second kappa shape index (κ2) is 7.94. The van der Waals surface area contributed by atoms with Gasteiger partial charge in [0.2, 0.25) is 6.10 Å². The summed E-state index contributed by atoms with van der Waals surface area (Å²) in [5, 5.41) is 5.70. The number of hydrogen-bond donors (Lipinski definition) is 1. The largest absolute Gasteiger partial charge is 0.447 e. The van der Waals surface area contributed by atoms with E-state index < -0.39 is 12.1 Å². The van der Waals surface area contributed by atoms with Crippen molar-refractivity contribution in [3.63, 3.8) is 0 Å². The van der Waals surface area contributed by atoms with Gasteiger partial charge in [-0.15, -0.1) is 11.3 Å².